The highest BCUT2D eigenvalue weighted by Gasteiger charge is 2.36. The number of hydrogen-bond acceptors (Lipinski definition) is 1. The molecule has 0 saturated carbocycles. The van der Waals surface area contributed by atoms with Crippen LogP contribution in [-0.2, 0) is 0 Å². The molecule has 1 aromatic heterocycles. The molecule has 104 valence electrons. The third-order valence-corrected chi connectivity index (χ3v) is 15.5. The van der Waals surface area contributed by atoms with Crippen LogP contribution in [0.1, 0.15) is 0 Å². The summed E-state index contributed by atoms with van der Waals surface area (Å²) in [6, 6.07) is 0. The van der Waals surface area contributed by atoms with E-state index < -0.39 is 24.2 Å². The monoisotopic (exact) mass is 378 g/mol. The molecule has 18 heavy (non-hydrogen) atoms. The summed E-state index contributed by atoms with van der Waals surface area (Å²) in [6.45, 7) is 22.3. The van der Waals surface area contributed by atoms with Gasteiger partial charge in [0.2, 0.25) is 0 Å². The van der Waals surface area contributed by atoms with E-state index >= 15 is 0 Å². The van der Waals surface area contributed by atoms with E-state index in [0.717, 1.165) is 0 Å². The molecule has 0 bridgehead atoms. The van der Waals surface area contributed by atoms with Gasteiger partial charge in [0.1, 0.15) is 0 Å². The fraction of sp³-hybridized carbons (Fsp3) is 0.692. The van der Waals surface area contributed by atoms with Crippen LogP contribution in [0.2, 0.25) is 58.9 Å². The second-order valence-electron chi connectivity index (χ2n) is 8.20. The molecular weight excluding hydrogens is 352 g/mol. The maximum atomic E-state index is 3.97. The maximum absolute atomic E-state index is 3.97. The largest absolute Gasteiger partial charge is 0.154 e. The first-order chi connectivity index (χ1) is 7.76. The molecule has 0 aromatic carbocycles. The third kappa shape index (κ3) is 3.48. The number of hydrogen-bond donors (Lipinski definition) is 0. The topological polar surface area (TPSA) is 0 Å². The van der Waals surface area contributed by atoms with E-state index in [-0.39, 0.29) is 0 Å². The third-order valence-electron chi connectivity index (χ3n) is 2.96. The Balaban J connectivity index is 3.63. The first-order valence-corrected chi connectivity index (χ1v) is 18.7. The Labute approximate surface area is 128 Å². The van der Waals surface area contributed by atoms with Crippen molar-refractivity contribution < 1.29 is 0 Å². The lowest BCUT2D eigenvalue weighted by molar-refractivity contribution is 1.71. The predicted octanol–water partition coefficient (Wildman–Crippen LogP) is 4.15. The number of rotatable bonds is 3. The Bertz CT molecular complexity index is 445. The van der Waals surface area contributed by atoms with E-state index in [9.17, 15) is 0 Å². The highest BCUT2D eigenvalue weighted by atomic mass is 79.9. The summed E-state index contributed by atoms with van der Waals surface area (Å²) >= 11 is 6.11. The molecule has 0 aliphatic rings. The SMILES string of the molecule is C[Si](C)(C)c1sc([Si](C)(C)C)c([Si](C)(C)C)c1Br. The zero-order chi connectivity index (χ0) is 14.5. The van der Waals surface area contributed by atoms with Gasteiger partial charge >= 0.3 is 0 Å². The summed E-state index contributed by atoms with van der Waals surface area (Å²) in [5, 5.41) is 1.73. The molecule has 0 unspecified atom stereocenters. The Morgan fingerprint density at radius 3 is 1.28 bits per heavy atom. The van der Waals surface area contributed by atoms with Gasteiger partial charge in [-0.2, -0.15) is 11.3 Å². The Kier molecular flexibility index (Phi) is 4.68. The van der Waals surface area contributed by atoms with Crippen molar-refractivity contribution in [3.8, 4) is 0 Å². The van der Waals surface area contributed by atoms with Gasteiger partial charge in [0.25, 0.3) is 0 Å². The van der Waals surface area contributed by atoms with Crippen LogP contribution in [0.5, 0.6) is 0 Å². The lowest BCUT2D eigenvalue weighted by Gasteiger charge is -2.24. The molecule has 0 aliphatic heterocycles. The molecule has 0 radical (unpaired) electrons. The first-order valence-electron chi connectivity index (χ1n) is 6.60. The van der Waals surface area contributed by atoms with Gasteiger partial charge in [-0.05, 0) is 9.69 Å². The number of halogens is 1. The lowest BCUT2D eigenvalue weighted by Crippen LogP contribution is -2.54. The molecule has 0 nitrogen and oxygen atoms in total. The molecule has 0 amide bonds. The minimum atomic E-state index is -1.27. The van der Waals surface area contributed by atoms with Crippen LogP contribution in [0.3, 0.4) is 0 Å². The van der Waals surface area contributed by atoms with Crippen LogP contribution >= 0.6 is 27.3 Å². The molecule has 0 fully saturated rings. The van der Waals surface area contributed by atoms with Crippen molar-refractivity contribution in [2.24, 2.45) is 0 Å². The van der Waals surface area contributed by atoms with Crippen LogP contribution in [0.4, 0.5) is 0 Å². The molecule has 1 aromatic rings. The average molecular weight is 380 g/mol. The summed E-state index contributed by atoms with van der Waals surface area (Å²) in [4.78, 5) is 0. The zero-order valence-corrected chi connectivity index (χ0v) is 18.7. The summed E-state index contributed by atoms with van der Waals surface area (Å²) in [6.07, 6.45) is 0. The van der Waals surface area contributed by atoms with Crippen molar-refractivity contribution in [2.45, 2.75) is 58.9 Å². The molecule has 0 saturated heterocycles. The predicted molar refractivity (Wildman–Crippen MR) is 101 cm³/mol. The van der Waals surface area contributed by atoms with Crippen molar-refractivity contribution in [3.63, 3.8) is 0 Å². The Morgan fingerprint density at radius 1 is 0.667 bits per heavy atom. The van der Waals surface area contributed by atoms with Crippen molar-refractivity contribution in [3.05, 3.63) is 4.47 Å². The van der Waals surface area contributed by atoms with Gasteiger partial charge in [0.05, 0.1) is 24.2 Å². The molecule has 1 heterocycles. The summed E-state index contributed by atoms with van der Waals surface area (Å²) in [7, 11) is -3.73. The van der Waals surface area contributed by atoms with E-state index in [2.05, 4.69) is 86.2 Å². The second kappa shape index (κ2) is 4.99. The smallest absolute Gasteiger partial charge is 0.0918 e. The van der Waals surface area contributed by atoms with E-state index in [4.69, 9.17) is 0 Å². The van der Waals surface area contributed by atoms with Crippen molar-refractivity contribution in [1.82, 2.24) is 0 Å². The van der Waals surface area contributed by atoms with Crippen LogP contribution in [-0.4, -0.2) is 24.2 Å². The van der Waals surface area contributed by atoms with Crippen LogP contribution in [0.25, 0.3) is 0 Å². The molecule has 0 N–H and O–H groups in total. The zero-order valence-electron chi connectivity index (χ0n) is 13.3. The van der Waals surface area contributed by atoms with Gasteiger partial charge in [0, 0.05) is 8.97 Å². The van der Waals surface area contributed by atoms with Crippen molar-refractivity contribution in [2.75, 3.05) is 0 Å². The fourth-order valence-electron chi connectivity index (χ4n) is 2.09. The maximum Gasteiger partial charge on any atom is 0.0918 e. The molecular formula is C13H27BrSSi3. The van der Waals surface area contributed by atoms with Gasteiger partial charge in [0.15, 0.2) is 0 Å². The van der Waals surface area contributed by atoms with Crippen molar-refractivity contribution in [1.29, 1.82) is 0 Å². The van der Waals surface area contributed by atoms with Gasteiger partial charge in [-0.25, -0.2) is 0 Å². The normalized spacial score (nSPS) is 14.1. The van der Waals surface area contributed by atoms with E-state index in [1.807, 2.05) is 0 Å². The summed E-state index contributed by atoms with van der Waals surface area (Å²) in [5.41, 5.74) is 0. The first kappa shape index (κ1) is 16.9. The Morgan fingerprint density at radius 2 is 1.06 bits per heavy atom. The summed E-state index contributed by atoms with van der Waals surface area (Å²) < 4.78 is 4.92. The van der Waals surface area contributed by atoms with E-state index in [1.165, 1.54) is 4.47 Å². The molecule has 0 spiro atoms. The van der Waals surface area contributed by atoms with Crippen LogP contribution in [0, 0.1) is 0 Å². The lowest BCUT2D eigenvalue weighted by atomic mass is 10.6. The minimum Gasteiger partial charge on any atom is -0.154 e. The molecule has 1 rings (SSSR count). The highest BCUT2D eigenvalue weighted by molar-refractivity contribution is 9.11. The standard InChI is InChI=1S/C13H27BrSSi3/c1-16(2,3)11-10(14)12(17(4,5)6)15-13(11)18(7,8)9/h1-9H3. The Hall–Kier alpha value is 0.831. The van der Waals surface area contributed by atoms with Gasteiger partial charge in [-0.1, -0.05) is 74.9 Å². The van der Waals surface area contributed by atoms with Crippen LogP contribution in [0.15, 0.2) is 4.47 Å². The fourth-order valence-corrected chi connectivity index (χ4v) is 17.0. The second-order valence-corrected chi connectivity index (χ2v) is 25.7. The van der Waals surface area contributed by atoms with Gasteiger partial charge in [-0.15, -0.1) is 0 Å². The van der Waals surface area contributed by atoms with Crippen molar-refractivity contribution >= 4 is 65.7 Å². The minimum absolute atomic E-state index is 1.23. The van der Waals surface area contributed by atoms with Gasteiger partial charge < -0.3 is 0 Å². The quantitative estimate of drug-likeness (QED) is 0.692. The summed E-state index contributed by atoms with van der Waals surface area (Å²) in [5.74, 6) is 0. The molecule has 0 aliphatic carbocycles. The van der Waals surface area contributed by atoms with E-state index in [0.29, 0.717) is 0 Å². The molecule has 5 heteroatoms. The van der Waals surface area contributed by atoms with Gasteiger partial charge in [-0.3, -0.25) is 0 Å². The van der Waals surface area contributed by atoms with E-state index in [1.54, 1.807) is 14.2 Å². The van der Waals surface area contributed by atoms with Crippen LogP contribution < -0.4 is 14.2 Å². The average Bonchev–Trinajstić information content (AvgIpc) is 2.39. The number of thiophene rings is 1. The highest BCUT2D eigenvalue weighted by Crippen LogP contribution is 2.21. The molecule has 0 atom stereocenters.